The van der Waals surface area contributed by atoms with Crippen LogP contribution in [0.2, 0.25) is 0 Å². The summed E-state index contributed by atoms with van der Waals surface area (Å²) in [6.45, 7) is 3.42. The largest absolute Gasteiger partial charge is 0.469 e. The third-order valence-corrected chi connectivity index (χ3v) is 2.32. The average molecular weight is 236 g/mol. The van der Waals surface area contributed by atoms with Gasteiger partial charge in [-0.15, -0.1) is 0 Å². The minimum Gasteiger partial charge on any atom is -0.303 e. The standard InChI is InChI=1S/C9H17O5P/c1-2-9(10)7-5-3-4-6-8-14-15(11,12)13/h2H,1,3-8H2,(H2,11,12,13). The maximum absolute atomic E-state index is 10.8. The van der Waals surface area contributed by atoms with Crippen molar-refractivity contribution in [3.63, 3.8) is 0 Å². The van der Waals surface area contributed by atoms with Crippen molar-refractivity contribution in [1.29, 1.82) is 0 Å². The van der Waals surface area contributed by atoms with Crippen molar-refractivity contribution in [2.45, 2.75) is 32.1 Å². The van der Waals surface area contributed by atoms with Crippen LogP contribution in [-0.4, -0.2) is 22.2 Å². The van der Waals surface area contributed by atoms with Crippen LogP contribution in [0.25, 0.3) is 0 Å². The zero-order valence-corrected chi connectivity index (χ0v) is 9.49. The topological polar surface area (TPSA) is 83.8 Å². The van der Waals surface area contributed by atoms with Crippen LogP contribution in [-0.2, 0) is 13.9 Å². The lowest BCUT2D eigenvalue weighted by Crippen LogP contribution is -1.94. The quantitative estimate of drug-likeness (QED) is 0.362. The molecule has 6 heteroatoms. The van der Waals surface area contributed by atoms with Crippen LogP contribution in [0.3, 0.4) is 0 Å². The third kappa shape index (κ3) is 11.4. The van der Waals surface area contributed by atoms with Gasteiger partial charge in [-0.2, -0.15) is 0 Å². The van der Waals surface area contributed by atoms with Gasteiger partial charge in [0.2, 0.25) is 0 Å². The number of rotatable bonds is 9. The van der Waals surface area contributed by atoms with Crippen molar-refractivity contribution in [2.75, 3.05) is 6.61 Å². The van der Waals surface area contributed by atoms with Gasteiger partial charge in [0.25, 0.3) is 0 Å². The molecule has 0 rings (SSSR count). The van der Waals surface area contributed by atoms with Gasteiger partial charge in [-0.1, -0.05) is 19.4 Å². The van der Waals surface area contributed by atoms with Crippen LogP contribution < -0.4 is 0 Å². The highest BCUT2D eigenvalue weighted by molar-refractivity contribution is 7.46. The minimum atomic E-state index is -4.31. The summed E-state index contributed by atoms with van der Waals surface area (Å²) in [7, 11) is -4.31. The van der Waals surface area contributed by atoms with E-state index < -0.39 is 7.82 Å². The number of carbonyl (C=O) groups excluding carboxylic acids is 1. The van der Waals surface area contributed by atoms with E-state index in [1.807, 2.05) is 0 Å². The van der Waals surface area contributed by atoms with Crippen LogP contribution in [0.15, 0.2) is 12.7 Å². The highest BCUT2D eigenvalue weighted by Gasteiger charge is 2.12. The third-order valence-electron chi connectivity index (χ3n) is 1.80. The summed E-state index contributed by atoms with van der Waals surface area (Å²) in [6.07, 6.45) is 4.81. The van der Waals surface area contributed by atoms with Gasteiger partial charge in [-0.05, 0) is 18.9 Å². The second-order valence-electron chi connectivity index (χ2n) is 3.16. The molecule has 0 bridgehead atoms. The number of unbranched alkanes of at least 4 members (excludes halogenated alkanes) is 3. The molecule has 0 amide bonds. The van der Waals surface area contributed by atoms with E-state index in [-0.39, 0.29) is 12.4 Å². The summed E-state index contributed by atoms with van der Waals surface area (Å²) < 4.78 is 14.5. The predicted molar refractivity (Wildman–Crippen MR) is 56.3 cm³/mol. The number of phosphoric acid groups is 1. The van der Waals surface area contributed by atoms with E-state index in [9.17, 15) is 9.36 Å². The number of hydrogen-bond donors (Lipinski definition) is 2. The Morgan fingerprint density at radius 2 is 1.87 bits per heavy atom. The van der Waals surface area contributed by atoms with Gasteiger partial charge < -0.3 is 9.79 Å². The normalized spacial score (nSPS) is 11.3. The van der Waals surface area contributed by atoms with Crippen molar-refractivity contribution in [2.24, 2.45) is 0 Å². The van der Waals surface area contributed by atoms with Gasteiger partial charge in [0.05, 0.1) is 6.61 Å². The summed E-state index contributed by atoms with van der Waals surface area (Å²) in [5.41, 5.74) is 0. The minimum absolute atomic E-state index is 0.0291. The maximum atomic E-state index is 10.8. The van der Waals surface area contributed by atoms with Gasteiger partial charge in [0.1, 0.15) is 0 Å². The Bertz CT molecular complexity index is 245. The van der Waals surface area contributed by atoms with Crippen molar-refractivity contribution in [1.82, 2.24) is 0 Å². The van der Waals surface area contributed by atoms with Crippen LogP contribution in [0.5, 0.6) is 0 Å². The van der Waals surface area contributed by atoms with Crippen LogP contribution in [0.4, 0.5) is 0 Å². The maximum Gasteiger partial charge on any atom is 0.469 e. The Morgan fingerprint density at radius 1 is 1.27 bits per heavy atom. The van der Waals surface area contributed by atoms with Crippen molar-refractivity contribution >= 4 is 13.6 Å². The Labute approximate surface area is 89.4 Å². The zero-order valence-electron chi connectivity index (χ0n) is 8.59. The smallest absolute Gasteiger partial charge is 0.303 e. The molecular weight excluding hydrogens is 219 g/mol. The lowest BCUT2D eigenvalue weighted by Gasteiger charge is -2.04. The molecule has 0 atom stereocenters. The summed E-state index contributed by atoms with van der Waals surface area (Å²) in [4.78, 5) is 27.5. The molecule has 0 aromatic rings. The fourth-order valence-electron chi connectivity index (χ4n) is 1.04. The van der Waals surface area contributed by atoms with Gasteiger partial charge in [0, 0.05) is 6.42 Å². The first-order valence-corrected chi connectivity index (χ1v) is 6.34. The molecule has 0 aliphatic rings. The molecule has 0 heterocycles. The second-order valence-corrected chi connectivity index (χ2v) is 4.40. The number of carbonyl (C=O) groups is 1. The molecule has 0 aliphatic carbocycles. The fraction of sp³-hybridized carbons (Fsp3) is 0.667. The molecule has 0 aromatic carbocycles. The molecule has 0 radical (unpaired) electrons. The summed E-state index contributed by atoms with van der Waals surface area (Å²) >= 11 is 0. The van der Waals surface area contributed by atoms with Crippen molar-refractivity contribution in [3.8, 4) is 0 Å². The van der Waals surface area contributed by atoms with E-state index in [2.05, 4.69) is 11.1 Å². The van der Waals surface area contributed by atoms with Gasteiger partial charge >= 0.3 is 7.82 Å². The Morgan fingerprint density at radius 3 is 2.40 bits per heavy atom. The molecule has 2 N–H and O–H groups in total. The summed E-state index contributed by atoms with van der Waals surface area (Å²) in [5.74, 6) is 0.0291. The van der Waals surface area contributed by atoms with Crippen molar-refractivity contribution in [3.05, 3.63) is 12.7 Å². The summed E-state index contributed by atoms with van der Waals surface area (Å²) in [6, 6.07) is 0. The lowest BCUT2D eigenvalue weighted by molar-refractivity contribution is -0.114. The monoisotopic (exact) mass is 236 g/mol. The first kappa shape index (κ1) is 14.5. The predicted octanol–water partition coefficient (Wildman–Crippen LogP) is 1.80. The molecular formula is C9H17O5P. The fourth-order valence-corrected chi connectivity index (χ4v) is 1.41. The van der Waals surface area contributed by atoms with E-state index in [4.69, 9.17) is 9.79 Å². The van der Waals surface area contributed by atoms with Crippen LogP contribution in [0, 0.1) is 0 Å². The molecule has 5 nitrogen and oxygen atoms in total. The molecule has 0 fully saturated rings. The number of phosphoric ester groups is 1. The van der Waals surface area contributed by atoms with E-state index in [0.717, 1.165) is 19.3 Å². The number of hydrogen-bond acceptors (Lipinski definition) is 3. The molecule has 15 heavy (non-hydrogen) atoms. The molecule has 0 aromatic heterocycles. The number of ketones is 1. The first-order valence-electron chi connectivity index (χ1n) is 4.81. The average Bonchev–Trinajstić information content (AvgIpc) is 2.14. The Kier molecular flexibility index (Phi) is 7.52. The zero-order chi connectivity index (χ0) is 11.7. The van der Waals surface area contributed by atoms with Crippen LogP contribution >= 0.6 is 7.82 Å². The molecule has 0 saturated heterocycles. The molecule has 0 unspecified atom stereocenters. The van der Waals surface area contributed by atoms with Crippen molar-refractivity contribution < 1.29 is 23.7 Å². The molecule has 0 saturated carbocycles. The van der Waals surface area contributed by atoms with Gasteiger partial charge in [0.15, 0.2) is 5.78 Å². The van der Waals surface area contributed by atoms with Crippen LogP contribution in [0.1, 0.15) is 32.1 Å². The SMILES string of the molecule is C=CC(=O)CCCCCCOP(=O)(O)O. The Balaban J connectivity index is 3.22. The molecule has 0 spiro atoms. The Hall–Kier alpha value is -0.480. The molecule has 88 valence electrons. The lowest BCUT2D eigenvalue weighted by atomic mass is 10.1. The van der Waals surface area contributed by atoms with E-state index in [0.29, 0.717) is 12.8 Å². The van der Waals surface area contributed by atoms with E-state index in [1.165, 1.54) is 6.08 Å². The van der Waals surface area contributed by atoms with E-state index >= 15 is 0 Å². The molecule has 0 aliphatic heterocycles. The van der Waals surface area contributed by atoms with E-state index in [1.54, 1.807) is 0 Å². The second kappa shape index (κ2) is 7.77. The van der Waals surface area contributed by atoms with Gasteiger partial charge in [-0.3, -0.25) is 9.32 Å². The highest BCUT2D eigenvalue weighted by Crippen LogP contribution is 2.35. The number of allylic oxidation sites excluding steroid dienone is 1. The highest BCUT2D eigenvalue weighted by atomic mass is 31.2. The summed E-state index contributed by atoms with van der Waals surface area (Å²) in [5, 5.41) is 0. The van der Waals surface area contributed by atoms with Gasteiger partial charge in [-0.25, -0.2) is 4.57 Å². The first-order chi connectivity index (χ1) is 6.95.